The third-order valence-electron chi connectivity index (χ3n) is 4.82. The molecule has 1 aromatic carbocycles. The Morgan fingerprint density at radius 1 is 1.39 bits per heavy atom. The van der Waals surface area contributed by atoms with E-state index in [0.29, 0.717) is 24.2 Å². The van der Waals surface area contributed by atoms with Gasteiger partial charge in [0.15, 0.2) is 11.1 Å². The first-order chi connectivity index (χ1) is 10.8. The third-order valence-corrected chi connectivity index (χ3v) is 5.41. The number of nitrogens with zero attached hydrogens (tertiary/aromatic N) is 2. The number of fused-ring (bicyclic) bond motifs is 1. The van der Waals surface area contributed by atoms with Gasteiger partial charge in [-0.3, -0.25) is 4.79 Å². The van der Waals surface area contributed by atoms with Crippen LogP contribution in [0.3, 0.4) is 0 Å². The highest BCUT2D eigenvalue weighted by Gasteiger charge is 2.42. The van der Waals surface area contributed by atoms with Crippen molar-refractivity contribution in [3.05, 3.63) is 33.3 Å². The number of carbonyl (C=O) groups excluding carboxylic acids is 1. The van der Waals surface area contributed by atoms with Gasteiger partial charge in [0.2, 0.25) is 12.3 Å². The second kappa shape index (κ2) is 5.60. The quantitative estimate of drug-likeness (QED) is 0.804. The summed E-state index contributed by atoms with van der Waals surface area (Å²) in [6.07, 6.45) is 1.26. The van der Waals surface area contributed by atoms with Crippen LogP contribution >= 0.6 is 11.3 Å². The molecule has 0 aliphatic carbocycles. The summed E-state index contributed by atoms with van der Waals surface area (Å²) in [5, 5.41) is 16.3. The van der Waals surface area contributed by atoms with Crippen molar-refractivity contribution in [1.29, 1.82) is 0 Å². The second-order valence-corrected chi connectivity index (χ2v) is 7.02. The molecule has 1 unspecified atom stereocenters. The summed E-state index contributed by atoms with van der Waals surface area (Å²) >= 11 is 1.45. The molecular weight excluding hydrogens is 312 g/mol. The van der Waals surface area contributed by atoms with Crippen LogP contribution in [0.2, 0.25) is 0 Å². The van der Waals surface area contributed by atoms with Gasteiger partial charge in [0.25, 0.3) is 5.51 Å². The van der Waals surface area contributed by atoms with Crippen molar-refractivity contribution in [1.82, 2.24) is 5.10 Å². The molecule has 23 heavy (non-hydrogen) atoms. The zero-order valence-corrected chi connectivity index (χ0v) is 14.6. The van der Waals surface area contributed by atoms with E-state index in [1.54, 1.807) is 15.7 Å². The summed E-state index contributed by atoms with van der Waals surface area (Å²) in [5.74, 6) is 0.794. The Morgan fingerprint density at radius 2 is 2.13 bits per heavy atom. The van der Waals surface area contributed by atoms with E-state index in [1.807, 2.05) is 27.7 Å². The van der Waals surface area contributed by atoms with Gasteiger partial charge in [0.05, 0.1) is 0 Å². The van der Waals surface area contributed by atoms with E-state index >= 15 is 0 Å². The molecule has 1 aliphatic rings. The molecule has 2 heterocycles. The highest BCUT2D eigenvalue weighted by Crippen LogP contribution is 2.42. The van der Waals surface area contributed by atoms with E-state index in [-0.39, 0.29) is 18.1 Å². The topological polar surface area (TPSA) is 66.1 Å². The number of ether oxygens (including phenoxy) is 1. The van der Waals surface area contributed by atoms with Crippen LogP contribution in [-0.4, -0.2) is 16.5 Å². The Hall–Kier alpha value is -1.95. The minimum Gasteiger partial charge on any atom is -0.872 e. The van der Waals surface area contributed by atoms with Gasteiger partial charge < -0.3 is 9.84 Å². The average Bonchev–Trinajstić information content (AvgIpc) is 3.03. The Labute approximate surface area is 139 Å². The van der Waals surface area contributed by atoms with E-state index in [4.69, 9.17) is 4.74 Å². The summed E-state index contributed by atoms with van der Waals surface area (Å²) < 4.78 is 7.78. The second-order valence-electron chi connectivity index (χ2n) is 6.33. The van der Waals surface area contributed by atoms with Crippen molar-refractivity contribution in [2.24, 2.45) is 0 Å². The molecule has 1 atom stereocenters. The lowest BCUT2D eigenvalue weighted by Crippen LogP contribution is -2.52. The Morgan fingerprint density at radius 3 is 2.78 bits per heavy atom. The number of aromatic nitrogens is 2. The molecule has 0 bridgehead atoms. The largest absolute Gasteiger partial charge is 0.872 e. The Bertz CT molecular complexity index is 771. The molecule has 0 spiro atoms. The molecule has 2 aromatic rings. The molecule has 0 saturated carbocycles. The molecule has 0 amide bonds. The molecule has 0 radical (unpaired) electrons. The molecule has 1 aliphatic heterocycles. The van der Waals surface area contributed by atoms with Gasteiger partial charge in [0, 0.05) is 5.10 Å². The number of hydrogen-bond acceptors (Lipinski definition) is 5. The van der Waals surface area contributed by atoms with E-state index < -0.39 is 5.60 Å². The summed E-state index contributed by atoms with van der Waals surface area (Å²) in [6, 6.07) is 0. The van der Waals surface area contributed by atoms with Gasteiger partial charge in [-0.1, -0.05) is 27.1 Å². The molecule has 0 N–H and O–H groups in total. The lowest BCUT2D eigenvalue weighted by molar-refractivity contribution is -0.737. The zero-order chi connectivity index (χ0) is 16.8. The van der Waals surface area contributed by atoms with E-state index in [0.717, 1.165) is 16.7 Å². The normalized spacial score (nSPS) is 20.0. The maximum absolute atomic E-state index is 12.7. The van der Waals surface area contributed by atoms with Crippen molar-refractivity contribution in [2.75, 3.05) is 0 Å². The SMILES string of the molecule is Cc1c(C)c2c(c(C)c1[O-])CCC(C)(C(=O)C[n+]1cscn1)O2. The van der Waals surface area contributed by atoms with Crippen LogP contribution in [0.5, 0.6) is 11.5 Å². The molecule has 122 valence electrons. The van der Waals surface area contributed by atoms with Crippen LogP contribution in [0.1, 0.15) is 35.6 Å². The van der Waals surface area contributed by atoms with E-state index in [1.165, 1.54) is 11.3 Å². The monoisotopic (exact) mass is 332 g/mol. The molecular formula is C17H20N2O3S. The molecule has 0 saturated heterocycles. The first-order valence-electron chi connectivity index (χ1n) is 7.63. The minimum absolute atomic E-state index is 0.0000406. The number of carbonyl (C=O) groups is 1. The molecule has 3 rings (SSSR count). The minimum atomic E-state index is -0.877. The van der Waals surface area contributed by atoms with Crippen molar-refractivity contribution in [3.63, 3.8) is 0 Å². The maximum Gasteiger partial charge on any atom is 0.253 e. The van der Waals surface area contributed by atoms with Gasteiger partial charge in [-0.25, -0.2) is 0 Å². The zero-order valence-electron chi connectivity index (χ0n) is 13.8. The van der Waals surface area contributed by atoms with Crippen molar-refractivity contribution < 1.29 is 19.3 Å². The lowest BCUT2D eigenvalue weighted by Gasteiger charge is -2.37. The molecule has 1 aromatic heterocycles. The Balaban J connectivity index is 1.94. The van der Waals surface area contributed by atoms with Gasteiger partial charge in [-0.05, 0) is 51.7 Å². The standard InChI is InChI=1S/C17H20N2O3S/c1-10-11(2)16-13(12(3)15(10)21)5-6-17(4,22-16)14(20)7-19-9-23-8-18-19/h8-9H,5-7H2,1-4H3. The number of rotatable bonds is 3. The molecule has 0 fully saturated rings. The average molecular weight is 332 g/mol. The van der Waals surface area contributed by atoms with Crippen LogP contribution in [0.25, 0.3) is 0 Å². The maximum atomic E-state index is 12.7. The highest BCUT2D eigenvalue weighted by molar-refractivity contribution is 7.06. The fraction of sp³-hybridized carbons (Fsp3) is 0.471. The fourth-order valence-electron chi connectivity index (χ4n) is 3.04. The predicted molar refractivity (Wildman–Crippen MR) is 84.8 cm³/mol. The van der Waals surface area contributed by atoms with E-state index in [9.17, 15) is 9.90 Å². The van der Waals surface area contributed by atoms with Crippen molar-refractivity contribution in [2.45, 2.75) is 52.7 Å². The summed E-state index contributed by atoms with van der Waals surface area (Å²) in [5.41, 5.74) is 5.86. The smallest absolute Gasteiger partial charge is 0.253 e. The fourth-order valence-corrected chi connectivity index (χ4v) is 3.54. The first kappa shape index (κ1) is 15.9. The van der Waals surface area contributed by atoms with Crippen LogP contribution in [-0.2, 0) is 17.8 Å². The lowest BCUT2D eigenvalue weighted by atomic mass is 9.85. The molecule has 5 nitrogen and oxygen atoms in total. The van der Waals surface area contributed by atoms with Gasteiger partial charge >= 0.3 is 0 Å². The first-order valence-corrected chi connectivity index (χ1v) is 8.57. The van der Waals surface area contributed by atoms with Crippen LogP contribution < -0.4 is 14.5 Å². The predicted octanol–water partition coefficient (Wildman–Crippen LogP) is 1.78. The van der Waals surface area contributed by atoms with Gasteiger partial charge in [0.1, 0.15) is 5.75 Å². The number of hydrogen-bond donors (Lipinski definition) is 0. The van der Waals surface area contributed by atoms with Gasteiger partial charge in [-0.2, -0.15) is 0 Å². The summed E-state index contributed by atoms with van der Waals surface area (Å²) in [4.78, 5) is 12.7. The summed E-state index contributed by atoms with van der Waals surface area (Å²) in [6.45, 7) is 7.58. The van der Waals surface area contributed by atoms with Crippen LogP contribution in [0.15, 0.2) is 11.0 Å². The van der Waals surface area contributed by atoms with Crippen molar-refractivity contribution >= 4 is 17.1 Å². The highest BCUT2D eigenvalue weighted by atomic mass is 32.1. The van der Waals surface area contributed by atoms with Crippen molar-refractivity contribution in [3.8, 4) is 11.5 Å². The number of Topliss-reactive ketones (excluding diaryl/α,β-unsaturated/α-hetero) is 1. The van der Waals surface area contributed by atoms with Crippen LogP contribution in [0.4, 0.5) is 0 Å². The molecule has 6 heteroatoms. The van der Waals surface area contributed by atoms with Crippen LogP contribution in [0, 0.1) is 20.8 Å². The number of ketones is 1. The Kier molecular flexibility index (Phi) is 3.88. The summed E-state index contributed by atoms with van der Waals surface area (Å²) in [7, 11) is 0. The number of benzene rings is 1. The van der Waals surface area contributed by atoms with Gasteiger partial charge in [-0.15, -0.1) is 5.75 Å². The van der Waals surface area contributed by atoms with E-state index in [2.05, 4.69) is 5.10 Å². The third kappa shape index (κ3) is 2.61.